The van der Waals surface area contributed by atoms with Gasteiger partial charge in [-0.25, -0.2) is 0 Å². The van der Waals surface area contributed by atoms with Gasteiger partial charge in [0, 0.05) is 5.54 Å². The summed E-state index contributed by atoms with van der Waals surface area (Å²) in [5.74, 6) is 1.79. The Bertz CT molecular complexity index is 387. The topological polar surface area (TPSA) is 35.2 Å². The molecular formula is C17H27NO. The van der Waals surface area contributed by atoms with E-state index in [1.54, 1.807) is 7.11 Å². The molecule has 1 aromatic carbocycles. The number of hydrogen-bond donors (Lipinski definition) is 1. The van der Waals surface area contributed by atoms with Crippen molar-refractivity contribution in [3.8, 4) is 5.75 Å². The first-order chi connectivity index (χ1) is 9.18. The van der Waals surface area contributed by atoms with Crippen LogP contribution in [0.5, 0.6) is 5.75 Å². The molecular weight excluding hydrogens is 234 g/mol. The van der Waals surface area contributed by atoms with E-state index >= 15 is 0 Å². The molecule has 2 atom stereocenters. The Morgan fingerprint density at radius 1 is 1.21 bits per heavy atom. The van der Waals surface area contributed by atoms with E-state index in [4.69, 9.17) is 10.5 Å². The highest BCUT2D eigenvalue weighted by Crippen LogP contribution is 2.37. The van der Waals surface area contributed by atoms with Crippen molar-refractivity contribution in [2.24, 2.45) is 11.7 Å². The number of rotatable bonds is 4. The summed E-state index contributed by atoms with van der Waals surface area (Å²) in [5.41, 5.74) is 7.83. The maximum absolute atomic E-state index is 6.69. The summed E-state index contributed by atoms with van der Waals surface area (Å²) in [6, 6.07) is 8.33. The van der Waals surface area contributed by atoms with Gasteiger partial charge in [-0.3, -0.25) is 0 Å². The maximum Gasteiger partial charge on any atom is 0.118 e. The lowest BCUT2D eigenvalue weighted by molar-refractivity contribution is 0.366. The smallest absolute Gasteiger partial charge is 0.118 e. The van der Waals surface area contributed by atoms with Crippen LogP contribution in [-0.2, 0) is 5.54 Å². The molecule has 2 rings (SSSR count). The Morgan fingerprint density at radius 3 is 2.58 bits per heavy atom. The predicted molar refractivity (Wildman–Crippen MR) is 80.3 cm³/mol. The fourth-order valence-electron chi connectivity index (χ4n) is 3.35. The van der Waals surface area contributed by atoms with Crippen molar-refractivity contribution in [3.05, 3.63) is 29.8 Å². The van der Waals surface area contributed by atoms with Crippen LogP contribution < -0.4 is 10.5 Å². The van der Waals surface area contributed by atoms with Gasteiger partial charge in [0.2, 0.25) is 0 Å². The molecule has 1 saturated carbocycles. The Kier molecular flexibility index (Phi) is 4.87. The van der Waals surface area contributed by atoms with E-state index in [0.29, 0.717) is 0 Å². The lowest BCUT2D eigenvalue weighted by Gasteiger charge is -2.29. The van der Waals surface area contributed by atoms with Crippen LogP contribution in [0.2, 0.25) is 0 Å². The number of hydrogen-bond acceptors (Lipinski definition) is 2. The molecule has 1 aromatic rings. The largest absolute Gasteiger partial charge is 0.497 e. The van der Waals surface area contributed by atoms with Crippen LogP contribution in [0.1, 0.15) is 57.4 Å². The number of ether oxygens (including phenoxy) is 1. The van der Waals surface area contributed by atoms with Gasteiger partial charge < -0.3 is 10.5 Å². The summed E-state index contributed by atoms with van der Waals surface area (Å²) >= 11 is 0. The van der Waals surface area contributed by atoms with Gasteiger partial charge >= 0.3 is 0 Å². The molecule has 1 aliphatic rings. The zero-order valence-corrected chi connectivity index (χ0v) is 12.3. The van der Waals surface area contributed by atoms with E-state index in [0.717, 1.165) is 24.5 Å². The van der Waals surface area contributed by atoms with E-state index in [1.165, 1.54) is 37.7 Å². The SMILES string of the molecule is CCCC1CCCC(N)(c2ccc(OC)cc2)CC1. The van der Waals surface area contributed by atoms with Crippen LogP contribution in [0, 0.1) is 5.92 Å². The minimum Gasteiger partial charge on any atom is -0.497 e. The standard InChI is InChI=1S/C17H27NO/c1-3-5-14-6-4-12-17(18,13-11-14)15-7-9-16(19-2)10-8-15/h7-10,14H,3-6,11-13,18H2,1-2H3. The van der Waals surface area contributed by atoms with Crippen LogP contribution in [0.25, 0.3) is 0 Å². The van der Waals surface area contributed by atoms with E-state index in [-0.39, 0.29) is 5.54 Å². The Balaban J connectivity index is 2.08. The Morgan fingerprint density at radius 2 is 1.95 bits per heavy atom. The lowest BCUT2D eigenvalue weighted by atomic mass is 9.83. The second-order valence-electron chi connectivity index (χ2n) is 5.97. The van der Waals surface area contributed by atoms with Gasteiger partial charge in [0.15, 0.2) is 0 Å². The fraction of sp³-hybridized carbons (Fsp3) is 0.647. The highest BCUT2D eigenvalue weighted by Gasteiger charge is 2.30. The van der Waals surface area contributed by atoms with E-state index in [2.05, 4.69) is 19.1 Å². The average Bonchev–Trinajstić information content (AvgIpc) is 2.63. The van der Waals surface area contributed by atoms with Gasteiger partial charge in [0.05, 0.1) is 7.11 Å². The van der Waals surface area contributed by atoms with Crippen LogP contribution in [0.3, 0.4) is 0 Å². The third kappa shape index (κ3) is 3.50. The Labute approximate surface area is 117 Å². The first-order valence-electron chi connectivity index (χ1n) is 7.61. The summed E-state index contributed by atoms with van der Waals surface area (Å²) in [5, 5.41) is 0. The summed E-state index contributed by atoms with van der Waals surface area (Å²) in [6.07, 6.45) is 8.76. The van der Waals surface area contributed by atoms with Crippen molar-refractivity contribution >= 4 is 0 Å². The molecule has 0 amide bonds. The molecule has 1 fully saturated rings. The van der Waals surface area contributed by atoms with Crippen LogP contribution >= 0.6 is 0 Å². The summed E-state index contributed by atoms with van der Waals surface area (Å²) in [7, 11) is 1.70. The molecule has 19 heavy (non-hydrogen) atoms. The third-order valence-corrected chi connectivity index (χ3v) is 4.60. The third-order valence-electron chi connectivity index (χ3n) is 4.60. The first-order valence-corrected chi connectivity index (χ1v) is 7.61. The Hall–Kier alpha value is -1.02. The van der Waals surface area contributed by atoms with Crippen molar-refractivity contribution in [1.29, 1.82) is 0 Å². The number of nitrogens with two attached hydrogens (primary N) is 1. The van der Waals surface area contributed by atoms with Crippen molar-refractivity contribution in [2.75, 3.05) is 7.11 Å². The van der Waals surface area contributed by atoms with Crippen molar-refractivity contribution < 1.29 is 4.74 Å². The van der Waals surface area contributed by atoms with Gasteiger partial charge in [-0.2, -0.15) is 0 Å². The maximum atomic E-state index is 6.69. The molecule has 0 aromatic heterocycles. The second kappa shape index (κ2) is 6.42. The minimum absolute atomic E-state index is 0.130. The van der Waals surface area contributed by atoms with E-state index in [1.807, 2.05) is 12.1 Å². The highest BCUT2D eigenvalue weighted by atomic mass is 16.5. The zero-order valence-electron chi connectivity index (χ0n) is 12.3. The molecule has 2 heteroatoms. The molecule has 0 radical (unpaired) electrons. The molecule has 2 unspecified atom stereocenters. The van der Waals surface area contributed by atoms with Crippen molar-refractivity contribution in [2.45, 2.75) is 57.4 Å². The number of methoxy groups -OCH3 is 1. The van der Waals surface area contributed by atoms with Crippen LogP contribution in [0.15, 0.2) is 24.3 Å². The lowest BCUT2D eigenvalue weighted by Crippen LogP contribution is -2.36. The van der Waals surface area contributed by atoms with Crippen LogP contribution in [0.4, 0.5) is 0 Å². The summed E-state index contributed by atoms with van der Waals surface area (Å²) < 4.78 is 5.22. The molecule has 0 saturated heterocycles. The van der Waals surface area contributed by atoms with Gasteiger partial charge in [0.25, 0.3) is 0 Å². The predicted octanol–water partition coefficient (Wildman–Crippen LogP) is 4.23. The van der Waals surface area contributed by atoms with E-state index < -0.39 is 0 Å². The average molecular weight is 261 g/mol. The van der Waals surface area contributed by atoms with Crippen molar-refractivity contribution in [3.63, 3.8) is 0 Å². The molecule has 0 bridgehead atoms. The van der Waals surface area contributed by atoms with E-state index in [9.17, 15) is 0 Å². The first kappa shape index (κ1) is 14.4. The molecule has 2 nitrogen and oxygen atoms in total. The molecule has 106 valence electrons. The molecule has 0 aliphatic heterocycles. The molecule has 0 spiro atoms. The van der Waals surface area contributed by atoms with Gasteiger partial charge in [-0.15, -0.1) is 0 Å². The number of benzene rings is 1. The second-order valence-corrected chi connectivity index (χ2v) is 5.97. The summed E-state index contributed by atoms with van der Waals surface area (Å²) in [4.78, 5) is 0. The normalized spacial score (nSPS) is 27.8. The minimum atomic E-state index is -0.130. The molecule has 1 aliphatic carbocycles. The zero-order chi connectivity index (χ0) is 13.7. The summed E-state index contributed by atoms with van der Waals surface area (Å²) in [6.45, 7) is 2.28. The monoisotopic (exact) mass is 261 g/mol. The van der Waals surface area contributed by atoms with Crippen molar-refractivity contribution in [1.82, 2.24) is 0 Å². The van der Waals surface area contributed by atoms with Gasteiger partial charge in [-0.05, 0) is 42.9 Å². The molecule has 2 N–H and O–H groups in total. The van der Waals surface area contributed by atoms with Crippen LogP contribution in [-0.4, -0.2) is 7.11 Å². The fourth-order valence-corrected chi connectivity index (χ4v) is 3.35. The highest BCUT2D eigenvalue weighted by molar-refractivity contribution is 5.31. The van der Waals surface area contributed by atoms with Gasteiger partial charge in [0.1, 0.15) is 5.75 Å². The quantitative estimate of drug-likeness (QED) is 0.823. The molecule has 0 heterocycles. The van der Waals surface area contributed by atoms with Gasteiger partial charge in [-0.1, -0.05) is 44.7 Å².